The Bertz CT molecular complexity index is 895. The molecule has 0 aliphatic carbocycles. The molecule has 3 aromatic rings. The number of ether oxygens (including phenoxy) is 1. The third kappa shape index (κ3) is 4.64. The van der Waals surface area contributed by atoms with E-state index in [1.165, 1.54) is 11.8 Å². The van der Waals surface area contributed by atoms with Gasteiger partial charge in [0.05, 0.1) is 12.7 Å². The van der Waals surface area contributed by atoms with Crippen molar-refractivity contribution in [1.29, 1.82) is 0 Å². The minimum absolute atomic E-state index is 0.0485. The number of hydrogen-bond acceptors (Lipinski definition) is 6. The Morgan fingerprint density at radius 1 is 1.19 bits per heavy atom. The summed E-state index contributed by atoms with van der Waals surface area (Å²) >= 11 is 1.35. The highest BCUT2D eigenvalue weighted by atomic mass is 32.2. The van der Waals surface area contributed by atoms with Crippen molar-refractivity contribution in [3.8, 4) is 17.2 Å². The fraction of sp³-hybridized carbons (Fsp3) is 0.211. The summed E-state index contributed by atoms with van der Waals surface area (Å²) < 4.78 is 11.0. The predicted molar refractivity (Wildman–Crippen MR) is 101 cm³/mol. The van der Waals surface area contributed by atoms with Crippen LogP contribution in [0.3, 0.4) is 0 Å². The van der Waals surface area contributed by atoms with Crippen LogP contribution in [0.15, 0.2) is 58.2 Å². The van der Waals surface area contributed by atoms with Crippen molar-refractivity contribution in [3.63, 3.8) is 0 Å². The minimum Gasteiger partial charge on any atom is -0.496 e. The Morgan fingerprint density at radius 2 is 2.04 bits per heavy atom. The molecule has 0 aliphatic heterocycles. The molecule has 6 nitrogen and oxygen atoms in total. The van der Waals surface area contributed by atoms with Gasteiger partial charge in [0.1, 0.15) is 5.75 Å². The Labute approximate surface area is 156 Å². The lowest BCUT2D eigenvalue weighted by atomic mass is 10.2. The van der Waals surface area contributed by atoms with Crippen LogP contribution in [0.2, 0.25) is 0 Å². The molecule has 7 heteroatoms. The predicted octanol–water partition coefficient (Wildman–Crippen LogP) is 4.17. The van der Waals surface area contributed by atoms with Crippen LogP contribution in [0, 0.1) is 6.92 Å². The molecule has 0 fully saturated rings. The van der Waals surface area contributed by atoms with Crippen LogP contribution in [-0.4, -0.2) is 29.0 Å². The van der Waals surface area contributed by atoms with E-state index in [1.54, 1.807) is 7.11 Å². The average Bonchev–Trinajstić information content (AvgIpc) is 3.10. The van der Waals surface area contributed by atoms with E-state index in [4.69, 9.17) is 9.15 Å². The molecule has 0 unspecified atom stereocenters. The topological polar surface area (TPSA) is 77.2 Å². The van der Waals surface area contributed by atoms with Crippen LogP contribution in [0.25, 0.3) is 11.5 Å². The number of carbonyl (C=O) groups is 1. The van der Waals surface area contributed by atoms with Gasteiger partial charge >= 0.3 is 0 Å². The summed E-state index contributed by atoms with van der Waals surface area (Å²) in [5, 5.41) is 11.4. The summed E-state index contributed by atoms with van der Waals surface area (Å²) in [6, 6.07) is 15.2. The van der Waals surface area contributed by atoms with Gasteiger partial charge < -0.3 is 14.5 Å². The normalized spacial score (nSPS) is 10.5. The molecule has 0 spiro atoms. The molecule has 0 saturated heterocycles. The maximum absolute atomic E-state index is 12.0. The van der Waals surface area contributed by atoms with E-state index in [9.17, 15) is 4.79 Å². The second-order valence-corrected chi connectivity index (χ2v) is 6.64. The number of anilines is 1. The molecular formula is C19H19N3O3S. The summed E-state index contributed by atoms with van der Waals surface area (Å²) in [6.45, 7) is 1.99. The number of aromatic nitrogens is 2. The molecular weight excluding hydrogens is 350 g/mol. The van der Waals surface area contributed by atoms with Crippen molar-refractivity contribution in [2.75, 3.05) is 18.2 Å². The number of nitrogens with one attached hydrogen (secondary N) is 1. The van der Waals surface area contributed by atoms with Gasteiger partial charge in [0.25, 0.3) is 11.1 Å². The smallest absolute Gasteiger partial charge is 0.276 e. The molecule has 3 rings (SSSR count). The lowest BCUT2D eigenvalue weighted by Crippen LogP contribution is -2.12. The number of methoxy groups -OCH3 is 1. The lowest BCUT2D eigenvalue weighted by Gasteiger charge is -2.05. The standard InChI is InChI=1S/C19H19N3O3S/c1-13-6-5-7-14(12-13)20-17(23)10-11-26-19-22-21-18(25-19)15-8-3-4-9-16(15)24-2/h3-9,12H,10-11H2,1-2H3,(H,20,23). The highest BCUT2D eigenvalue weighted by molar-refractivity contribution is 7.99. The number of para-hydroxylation sites is 1. The van der Waals surface area contributed by atoms with Crippen LogP contribution >= 0.6 is 11.8 Å². The number of thioether (sulfide) groups is 1. The number of aryl methyl sites for hydroxylation is 1. The fourth-order valence-electron chi connectivity index (χ4n) is 2.38. The Morgan fingerprint density at radius 3 is 2.85 bits per heavy atom. The maximum atomic E-state index is 12.0. The number of rotatable bonds is 7. The SMILES string of the molecule is COc1ccccc1-c1nnc(SCCC(=O)Nc2cccc(C)c2)o1. The van der Waals surface area contributed by atoms with E-state index in [2.05, 4.69) is 15.5 Å². The number of nitrogens with zero attached hydrogens (tertiary/aromatic N) is 2. The van der Waals surface area contributed by atoms with E-state index >= 15 is 0 Å². The first kappa shape index (κ1) is 18.0. The van der Waals surface area contributed by atoms with Gasteiger partial charge in [0, 0.05) is 17.9 Å². The first-order valence-corrected chi connectivity index (χ1v) is 9.10. The molecule has 0 bridgehead atoms. The van der Waals surface area contributed by atoms with E-state index in [0.29, 0.717) is 29.0 Å². The molecule has 1 aromatic heterocycles. The average molecular weight is 369 g/mol. The van der Waals surface area contributed by atoms with Gasteiger partial charge in [-0.15, -0.1) is 10.2 Å². The first-order valence-electron chi connectivity index (χ1n) is 8.12. The van der Waals surface area contributed by atoms with Gasteiger partial charge in [0.2, 0.25) is 5.91 Å². The second kappa shape index (κ2) is 8.53. The Balaban J connectivity index is 1.53. The summed E-state index contributed by atoms with van der Waals surface area (Å²) in [5.74, 6) is 1.57. The lowest BCUT2D eigenvalue weighted by molar-refractivity contribution is -0.115. The molecule has 0 aliphatic rings. The first-order chi connectivity index (χ1) is 12.7. The summed E-state index contributed by atoms with van der Waals surface area (Å²) in [5.41, 5.74) is 2.65. The van der Waals surface area contributed by atoms with Crippen molar-refractivity contribution in [2.24, 2.45) is 0 Å². The third-order valence-electron chi connectivity index (χ3n) is 3.60. The quantitative estimate of drug-likeness (QED) is 0.630. The van der Waals surface area contributed by atoms with Crippen molar-refractivity contribution >= 4 is 23.4 Å². The number of carbonyl (C=O) groups excluding carboxylic acids is 1. The summed E-state index contributed by atoms with van der Waals surface area (Å²) in [7, 11) is 1.59. The molecule has 0 atom stereocenters. The van der Waals surface area contributed by atoms with E-state index in [0.717, 1.165) is 16.8 Å². The van der Waals surface area contributed by atoms with Crippen LogP contribution < -0.4 is 10.1 Å². The highest BCUT2D eigenvalue weighted by Gasteiger charge is 2.13. The molecule has 0 radical (unpaired) electrons. The van der Waals surface area contributed by atoms with Gasteiger partial charge in [0.15, 0.2) is 0 Å². The highest BCUT2D eigenvalue weighted by Crippen LogP contribution is 2.30. The number of amides is 1. The number of benzene rings is 2. The molecule has 26 heavy (non-hydrogen) atoms. The summed E-state index contributed by atoms with van der Waals surface area (Å²) in [4.78, 5) is 12.0. The van der Waals surface area contributed by atoms with Crippen LogP contribution in [-0.2, 0) is 4.79 Å². The molecule has 1 N–H and O–H groups in total. The molecule has 2 aromatic carbocycles. The van der Waals surface area contributed by atoms with Crippen molar-refractivity contribution in [2.45, 2.75) is 18.6 Å². The fourth-order valence-corrected chi connectivity index (χ4v) is 3.07. The molecule has 0 saturated carbocycles. The Hall–Kier alpha value is -2.80. The van der Waals surface area contributed by atoms with Gasteiger partial charge in [-0.2, -0.15) is 0 Å². The van der Waals surface area contributed by atoms with Crippen molar-refractivity contribution < 1.29 is 13.9 Å². The minimum atomic E-state index is -0.0485. The van der Waals surface area contributed by atoms with E-state index < -0.39 is 0 Å². The van der Waals surface area contributed by atoms with Crippen molar-refractivity contribution in [1.82, 2.24) is 10.2 Å². The maximum Gasteiger partial charge on any atom is 0.276 e. The van der Waals surface area contributed by atoms with Gasteiger partial charge in [-0.05, 0) is 36.8 Å². The third-order valence-corrected chi connectivity index (χ3v) is 4.42. The van der Waals surface area contributed by atoms with Gasteiger partial charge in [-0.1, -0.05) is 36.0 Å². The zero-order valence-corrected chi connectivity index (χ0v) is 15.4. The van der Waals surface area contributed by atoms with Gasteiger partial charge in [-0.3, -0.25) is 4.79 Å². The van der Waals surface area contributed by atoms with Gasteiger partial charge in [-0.25, -0.2) is 0 Å². The summed E-state index contributed by atoms with van der Waals surface area (Å²) in [6.07, 6.45) is 0.352. The Kier molecular flexibility index (Phi) is 5.91. The molecule has 1 amide bonds. The molecule has 134 valence electrons. The molecule has 1 heterocycles. The van der Waals surface area contributed by atoms with E-state index in [-0.39, 0.29) is 5.91 Å². The van der Waals surface area contributed by atoms with E-state index in [1.807, 2.05) is 55.5 Å². The number of hydrogen-bond donors (Lipinski definition) is 1. The zero-order valence-electron chi connectivity index (χ0n) is 14.6. The van der Waals surface area contributed by atoms with Crippen LogP contribution in [0.1, 0.15) is 12.0 Å². The van der Waals surface area contributed by atoms with Crippen molar-refractivity contribution in [3.05, 3.63) is 54.1 Å². The zero-order chi connectivity index (χ0) is 18.4. The van der Waals surface area contributed by atoms with Crippen LogP contribution in [0.5, 0.6) is 5.75 Å². The monoisotopic (exact) mass is 369 g/mol. The second-order valence-electron chi connectivity index (χ2n) is 5.59. The van der Waals surface area contributed by atoms with Crippen LogP contribution in [0.4, 0.5) is 5.69 Å². The largest absolute Gasteiger partial charge is 0.496 e.